The predicted octanol–water partition coefficient (Wildman–Crippen LogP) is -0.571. The highest BCUT2D eigenvalue weighted by molar-refractivity contribution is 5.83. The minimum absolute atomic E-state index is 0.613. The maximum atomic E-state index is 9.53. The fourth-order valence-electron chi connectivity index (χ4n) is 0.0713. The Bertz CT molecular complexity index is 107. The topological polar surface area (TPSA) is 83.5 Å². The summed E-state index contributed by atoms with van der Waals surface area (Å²) in [6.07, 6.45) is 0.613. The number of nitrogens with two attached hydrogens (primary N) is 1. The summed E-state index contributed by atoms with van der Waals surface area (Å²) in [7, 11) is 0. The predicted molar refractivity (Wildman–Crippen MR) is 22.5 cm³/mol. The van der Waals surface area contributed by atoms with Crippen molar-refractivity contribution in [3.8, 4) is 0 Å². The molecule has 0 aliphatic heterocycles. The van der Waals surface area contributed by atoms with Crippen LogP contribution >= 0.6 is 0 Å². The third-order valence-corrected chi connectivity index (χ3v) is 0.377. The van der Waals surface area contributed by atoms with Gasteiger partial charge in [-0.15, -0.1) is 0 Å². The molecular formula is C3H5NO3. The van der Waals surface area contributed by atoms with Gasteiger partial charge in [-0.2, -0.15) is 0 Å². The van der Waals surface area contributed by atoms with E-state index in [0.29, 0.717) is 6.20 Å². The summed E-state index contributed by atoms with van der Waals surface area (Å²) in [4.78, 5) is 9.53. The van der Waals surface area contributed by atoms with Crippen molar-refractivity contribution in [3.05, 3.63) is 12.0 Å². The van der Waals surface area contributed by atoms with Crippen molar-refractivity contribution in [1.29, 1.82) is 0 Å². The van der Waals surface area contributed by atoms with Gasteiger partial charge in [-0.25, -0.2) is 4.79 Å². The van der Waals surface area contributed by atoms with Gasteiger partial charge in [0, 0.05) is 6.20 Å². The third-order valence-electron chi connectivity index (χ3n) is 0.377. The van der Waals surface area contributed by atoms with Crippen LogP contribution in [0.4, 0.5) is 0 Å². The first-order chi connectivity index (χ1) is 3.18. The lowest BCUT2D eigenvalue weighted by Crippen LogP contribution is -2.00. The van der Waals surface area contributed by atoms with E-state index in [1.54, 1.807) is 0 Å². The third kappa shape index (κ3) is 1.64. The Hall–Kier alpha value is -1.19. The standard InChI is InChI=1S/C3H5NO3/c4-1-2(5)3(6)7/h1,5H,4H2,(H,6,7). The molecule has 0 radical (unpaired) electrons. The molecule has 4 heteroatoms. The van der Waals surface area contributed by atoms with E-state index in [9.17, 15) is 4.79 Å². The van der Waals surface area contributed by atoms with Crippen LogP contribution in [0, 0.1) is 0 Å². The Morgan fingerprint density at radius 1 is 1.57 bits per heavy atom. The van der Waals surface area contributed by atoms with Crippen molar-refractivity contribution in [2.45, 2.75) is 0 Å². The Balaban J connectivity index is 3.82. The second-order valence-electron chi connectivity index (χ2n) is 0.857. The fourth-order valence-corrected chi connectivity index (χ4v) is 0.0713. The molecule has 0 heterocycles. The number of hydrogen-bond acceptors (Lipinski definition) is 3. The van der Waals surface area contributed by atoms with Crippen LogP contribution < -0.4 is 5.73 Å². The molecule has 0 aromatic carbocycles. The lowest BCUT2D eigenvalue weighted by molar-refractivity contribution is -0.135. The first-order valence-electron chi connectivity index (χ1n) is 1.52. The van der Waals surface area contributed by atoms with Gasteiger partial charge in [-0.3, -0.25) is 0 Å². The van der Waals surface area contributed by atoms with E-state index in [0.717, 1.165) is 0 Å². The molecule has 0 saturated heterocycles. The van der Waals surface area contributed by atoms with Gasteiger partial charge in [-0.05, 0) is 0 Å². The normalized spacial score (nSPS) is 11.1. The summed E-state index contributed by atoms with van der Waals surface area (Å²) < 4.78 is 0. The van der Waals surface area contributed by atoms with Crippen LogP contribution in [0.15, 0.2) is 12.0 Å². The first-order valence-corrected chi connectivity index (χ1v) is 1.52. The molecule has 4 N–H and O–H groups in total. The van der Waals surface area contributed by atoms with E-state index >= 15 is 0 Å². The number of aliphatic carboxylic acids is 1. The second-order valence-corrected chi connectivity index (χ2v) is 0.857. The van der Waals surface area contributed by atoms with Crippen LogP contribution in [0.5, 0.6) is 0 Å². The Kier molecular flexibility index (Phi) is 1.72. The van der Waals surface area contributed by atoms with Gasteiger partial charge in [0.05, 0.1) is 0 Å². The summed E-state index contributed by atoms with van der Waals surface area (Å²) in [5.41, 5.74) is 4.58. The molecule has 7 heavy (non-hydrogen) atoms. The van der Waals surface area contributed by atoms with Crippen LogP contribution in [0.2, 0.25) is 0 Å². The van der Waals surface area contributed by atoms with E-state index in [1.165, 1.54) is 0 Å². The number of carboxylic acid groups (broad SMARTS) is 1. The van der Waals surface area contributed by atoms with Crippen molar-refractivity contribution >= 4 is 5.97 Å². The van der Waals surface area contributed by atoms with Crippen LogP contribution in [0.25, 0.3) is 0 Å². The average molecular weight is 103 g/mol. The molecule has 4 nitrogen and oxygen atoms in total. The van der Waals surface area contributed by atoms with Crippen LogP contribution in [-0.4, -0.2) is 16.2 Å². The lowest BCUT2D eigenvalue weighted by Gasteiger charge is -1.83. The minimum Gasteiger partial charge on any atom is -0.501 e. The summed E-state index contributed by atoms with van der Waals surface area (Å²) in [6.45, 7) is 0. The molecule has 0 aromatic rings. The van der Waals surface area contributed by atoms with Crippen LogP contribution in [0.1, 0.15) is 0 Å². The zero-order valence-corrected chi connectivity index (χ0v) is 3.46. The molecule has 0 fully saturated rings. The summed E-state index contributed by atoms with van der Waals surface area (Å²) in [6, 6.07) is 0. The van der Waals surface area contributed by atoms with E-state index in [4.69, 9.17) is 10.2 Å². The van der Waals surface area contributed by atoms with Gasteiger partial charge < -0.3 is 15.9 Å². The summed E-state index contributed by atoms with van der Waals surface area (Å²) >= 11 is 0. The van der Waals surface area contributed by atoms with Crippen molar-refractivity contribution in [2.24, 2.45) is 5.73 Å². The smallest absolute Gasteiger partial charge is 0.372 e. The quantitative estimate of drug-likeness (QED) is 0.306. The number of rotatable bonds is 1. The zero-order chi connectivity index (χ0) is 5.86. The molecule has 0 aromatic heterocycles. The first kappa shape index (κ1) is 5.81. The Labute approximate surface area is 39.9 Å². The highest BCUT2D eigenvalue weighted by atomic mass is 16.4. The van der Waals surface area contributed by atoms with E-state index in [1.807, 2.05) is 0 Å². The Morgan fingerprint density at radius 2 is 2.00 bits per heavy atom. The maximum Gasteiger partial charge on any atom is 0.372 e. The molecule has 0 aliphatic rings. The summed E-state index contributed by atoms with van der Waals surface area (Å²) in [5, 5.41) is 15.9. The monoisotopic (exact) mass is 103 g/mol. The number of hydrogen-bond donors (Lipinski definition) is 3. The molecule has 0 amide bonds. The second kappa shape index (κ2) is 2.07. The van der Waals surface area contributed by atoms with Gasteiger partial charge in [0.15, 0.2) is 0 Å². The molecule has 0 rings (SSSR count). The molecular weight excluding hydrogens is 98.0 g/mol. The van der Waals surface area contributed by atoms with Crippen molar-refractivity contribution in [3.63, 3.8) is 0 Å². The molecule has 40 valence electrons. The largest absolute Gasteiger partial charge is 0.501 e. The highest BCUT2D eigenvalue weighted by Gasteiger charge is 1.98. The van der Waals surface area contributed by atoms with Gasteiger partial charge in [0.2, 0.25) is 5.76 Å². The van der Waals surface area contributed by atoms with E-state index in [-0.39, 0.29) is 0 Å². The highest BCUT2D eigenvalue weighted by Crippen LogP contribution is 1.79. The Morgan fingerprint density at radius 3 is 2.00 bits per heavy atom. The number of aliphatic hydroxyl groups excluding tert-OH is 1. The molecule has 0 saturated carbocycles. The molecule has 0 atom stereocenters. The van der Waals surface area contributed by atoms with Gasteiger partial charge >= 0.3 is 5.97 Å². The van der Waals surface area contributed by atoms with Crippen molar-refractivity contribution in [1.82, 2.24) is 0 Å². The molecule has 0 unspecified atom stereocenters. The average Bonchev–Trinajstić information content (AvgIpc) is 1.65. The van der Waals surface area contributed by atoms with Crippen LogP contribution in [0.3, 0.4) is 0 Å². The molecule has 0 bridgehead atoms. The SMILES string of the molecule is NC=C(O)C(=O)O. The van der Waals surface area contributed by atoms with Crippen molar-refractivity contribution in [2.75, 3.05) is 0 Å². The number of carboxylic acids is 1. The number of carbonyl (C=O) groups is 1. The van der Waals surface area contributed by atoms with Gasteiger partial charge in [-0.1, -0.05) is 0 Å². The van der Waals surface area contributed by atoms with Gasteiger partial charge in [0.1, 0.15) is 0 Å². The lowest BCUT2D eigenvalue weighted by atomic mass is 10.6. The van der Waals surface area contributed by atoms with E-state index in [2.05, 4.69) is 5.73 Å². The van der Waals surface area contributed by atoms with E-state index < -0.39 is 11.7 Å². The van der Waals surface area contributed by atoms with Crippen LogP contribution in [-0.2, 0) is 4.79 Å². The minimum atomic E-state index is -1.41. The number of aliphatic hydroxyl groups is 1. The zero-order valence-electron chi connectivity index (χ0n) is 3.46. The maximum absolute atomic E-state index is 9.53. The van der Waals surface area contributed by atoms with Gasteiger partial charge in [0.25, 0.3) is 0 Å². The molecule has 0 aliphatic carbocycles. The van der Waals surface area contributed by atoms with Crippen molar-refractivity contribution < 1.29 is 15.0 Å². The summed E-state index contributed by atoms with van der Waals surface area (Å²) in [5.74, 6) is -2.25. The fraction of sp³-hybridized carbons (Fsp3) is 0. The molecule has 0 spiro atoms.